The Labute approximate surface area is 230 Å². The molecule has 206 valence electrons. The number of nitrogens with zero attached hydrogens (tertiary/aromatic N) is 6. The Hall–Kier alpha value is -2.85. The quantitative estimate of drug-likeness (QED) is 0.434. The third-order valence-electron chi connectivity index (χ3n) is 9.53. The van der Waals surface area contributed by atoms with Crippen LogP contribution in [0.5, 0.6) is 0 Å². The monoisotopic (exact) mass is 557 g/mol. The Bertz CT molecular complexity index is 1420. The van der Waals surface area contributed by atoms with E-state index < -0.39 is 17.1 Å². The molecule has 1 N–H and O–H groups in total. The van der Waals surface area contributed by atoms with Crippen molar-refractivity contribution in [2.45, 2.75) is 69.8 Å². The molecule has 2 bridgehead atoms. The van der Waals surface area contributed by atoms with Gasteiger partial charge in [-0.2, -0.15) is 13.2 Å². The van der Waals surface area contributed by atoms with E-state index in [1.807, 2.05) is 32.2 Å². The first-order chi connectivity index (χ1) is 18.6. The molecule has 39 heavy (non-hydrogen) atoms. The summed E-state index contributed by atoms with van der Waals surface area (Å²) in [7, 11) is 1.90. The van der Waals surface area contributed by atoms with Crippen molar-refractivity contribution < 1.29 is 13.2 Å². The summed E-state index contributed by atoms with van der Waals surface area (Å²) in [5.74, 6) is 2.92. The van der Waals surface area contributed by atoms with Crippen LogP contribution in [0.15, 0.2) is 30.3 Å². The van der Waals surface area contributed by atoms with Crippen molar-refractivity contribution >= 4 is 23.1 Å². The minimum Gasteiger partial charge on any atom is -0.387 e. The number of hydrogen-bond donors (Lipinski definition) is 1. The fourth-order valence-electron chi connectivity index (χ4n) is 7.35. The van der Waals surface area contributed by atoms with Gasteiger partial charge in [-0.3, -0.25) is 9.47 Å². The lowest BCUT2D eigenvalue weighted by atomic mass is 9.38. The van der Waals surface area contributed by atoms with Crippen LogP contribution >= 0.6 is 11.6 Å². The molecule has 7 nitrogen and oxygen atoms in total. The Balaban J connectivity index is 1.15. The highest BCUT2D eigenvalue weighted by Crippen LogP contribution is 2.75. The van der Waals surface area contributed by atoms with Crippen LogP contribution in [0.1, 0.15) is 60.9 Å². The average Bonchev–Trinajstić information content (AvgIpc) is 3.18. The van der Waals surface area contributed by atoms with E-state index in [0.29, 0.717) is 18.1 Å². The molecule has 4 fully saturated rings. The molecule has 0 amide bonds. The summed E-state index contributed by atoms with van der Waals surface area (Å²) in [4.78, 5) is 9.30. The molecule has 11 heteroatoms. The highest BCUT2D eigenvalue weighted by Gasteiger charge is 2.79. The van der Waals surface area contributed by atoms with Crippen molar-refractivity contribution in [3.05, 3.63) is 58.3 Å². The molecular weight excluding hydrogens is 527 g/mol. The van der Waals surface area contributed by atoms with Crippen LogP contribution in [0.4, 0.5) is 24.7 Å². The number of hydrogen-bond acceptors (Lipinski definition) is 6. The maximum atomic E-state index is 13.6. The second kappa shape index (κ2) is 8.57. The fourth-order valence-corrected chi connectivity index (χ4v) is 7.55. The molecule has 3 saturated carbocycles. The van der Waals surface area contributed by atoms with Gasteiger partial charge in [0.05, 0.1) is 29.0 Å². The van der Waals surface area contributed by atoms with Gasteiger partial charge in [0.2, 0.25) is 0 Å². The summed E-state index contributed by atoms with van der Waals surface area (Å²) in [5, 5.41) is 13.1. The second-order valence-electron chi connectivity index (χ2n) is 11.8. The minimum absolute atomic E-state index is 0.168. The Kier molecular flexibility index (Phi) is 5.53. The fraction of sp³-hybridized carbons (Fsp3) is 0.536. The molecule has 0 unspecified atom stereocenters. The van der Waals surface area contributed by atoms with Gasteiger partial charge in [-0.1, -0.05) is 11.6 Å². The predicted octanol–water partition coefficient (Wildman–Crippen LogP) is 5.85. The maximum Gasteiger partial charge on any atom is 0.394 e. The number of alkyl halides is 3. The van der Waals surface area contributed by atoms with E-state index in [2.05, 4.69) is 42.0 Å². The number of pyridine rings is 1. The van der Waals surface area contributed by atoms with E-state index in [9.17, 15) is 13.2 Å². The summed E-state index contributed by atoms with van der Waals surface area (Å²) < 4.78 is 42.9. The Morgan fingerprint density at radius 1 is 1.03 bits per heavy atom. The zero-order chi connectivity index (χ0) is 27.2. The average molecular weight is 558 g/mol. The summed E-state index contributed by atoms with van der Waals surface area (Å²) in [6, 6.07) is 9.94. The first-order valence-corrected chi connectivity index (χ1v) is 13.9. The van der Waals surface area contributed by atoms with E-state index in [0.717, 1.165) is 66.0 Å². The van der Waals surface area contributed by atoms with Gasteiger partial charge >= 0.3 is 6.18 Å². The summed E-state index contributed by atoms with van der Waals surface area (Å²) in [5.41, 5.74) is 2.08. The van der Waals surface area contributed by atoms with E-state index in [1.54, 1.807) is 0 Å². The topological polar surface area (TPSA) is 62.1 Å². The predicted molar refractivity (Wildman–Crippen MR) is 143 cm³/mol. The number of fused-ring (bicyclic) bond motifs is 3. The number of nitrogens with one attached hydrogen (secondary N) is 1. The summed E-state index contributed by atoms with van der Waals surface area (Å²) >= 11 is 6.40. The lowest BCUT2D eigenvalue weighted by Crippen LogP contribution is -2.78. The van der Waals surface area contributed by atoms with Crippen LogP contribution in [-0.2, 0) is 13.1 Å². The lowest BCUT2D eigenvalue weighted by molar-refractivity contribution is -0.364. The standard InChI is InChI=1S/C28H31ClF3N7/c1-17-21(33-2)4-6-23(34-17)37-9-7-18(8-10-37)25-36-35-24-13-38(27-14-26(15-27,16-27)28(30,31)32)12-19-11-20(29)3-5-22(19)39(24)25/h3-6,11,18,33H,7-10,12-16H2,1-2H3/t26-,27+. The third-order valence-corrected chi connectivity index (χ3v) is 9.77. The molecule has 0 radical (unpaired) electrons. The first kappa shape index (κ1) is 25.1. The van der Waals surface area contributed by atoms with E-state index >= 15 is 0 Å². The normalized spacial score (nSPS) is 26.8. The van der Waals surface area contributed by atoms with Gasteiger partial charge in [0, 0.05) is 43.2 Å². The van der Waals surface area contributed by atoms with E-state index in [-0.39, 0.29) is 25.2 Å². The molecule has 1 aromatic carbocycles. The van der Waals surface area contributed by atoms with Crippen LogP contribution in [-0.4, -0.2) is 56.5 Å². The van der Waals surface area contributed by atoms with Crippen LogP contribution in [0.2, 0.25) is 5.02 Å². The molecule has 1 saturated heterocycles. The zero-order valence-electron chi connectivity index (χ0n) is 22.0. The van der Waals surface area contributed by atoms with Gasteiger partial charge in [-0.05, 0) is 74.9 Å². The zero-order valence-corrected chi connectivity index (χ0v) is 22.8. The lowest BCUT2D eigenvalue weighted by Gasteiger charge is -2.73. The smallest absolute Gasteiger partial charge is 0.387 e. The molecule has 5 aliphatic rings. The summed E-state index contributed by atoms with van der Waals surface area (Å²) in [6.45, 7) is 4.77. The molecule has 4 heterocycles. The van der Waals surface area contributed by atoms with E-state index in [1.165, 1.54) is 0 Å². The van der Waals surface area contributed by atoms with Gasteiger partial charge in [-0.15, -0.1) is 10.2 Å². The van der Waals surface area contributed by atoms with Crippen molar-refractivity contribution in [2.24, 2.45) is 5.41 Å². The largest absolute Gasteiger partial charge is 0.394 e. The Morgan fingerprint density at radius 2 is 1.77 bits per heavy atom. The number of rotatable bonds is 4. The molecule has 2 aliphatic heterocycles. The van der Waals surface area contributed by atoms with Crippen molar-refractivity contribution in [1.82, 2.24) is 24.6 Å². The maximum absolute atomic E-state index is 13.6. The third kappa shape index (κ3) is 3.78. The highest BCUT2D eigenvalue weighted by atomic mass is 35.5. The van der Waals surface area contributed by atoms with E-state index in [4.69, 9.17) is 16.6 Å². The van der Waals surface area contributed by atoms with Gasteiger partial charge < -0.3 is 10.2 Å². The van der Waals surface area contributed by atoms with Gasteiger partial charge in [-0.25, -0.2) is 4.98 Å². The Morgan fingerprint density at radius 3 is 2.44 bits per heavy atom. The molecular formula is C28H31ClF3N7. The van der Waals surface area contributed by atoms with Gasteiger partial charge in [0.15, 0.2) is 5.82 Å². The first-order valence-electron chi connectivity index (χ1n) is 13.6. The molecule has 8 rings (SSSR count). The van der Waals surface area contributed by atoms with Crippen LogP contribution in [0, 0.1) is 12.3 Å². The molecule has 0 spiro atoms. The van der Waals surface area contributed by atoms with Crippen molar-refractivity contribution in [3.8, 4) is 5.69 Å². The molecule has 0 atom stereocenters. The number of benzene rings is 1. The SMILES string of the molecule is CNc1ccc(N2CCC(c3nnc4n3-c3ccc(Cl)cc3CN([C@]35C[C@](C(F)(F)F)(C3)C5)C4)CC2)nc1C. The van der Waals surface area contributed by atoms with Crippen molar-refractivity contribution in [2.75, 3.05) is 30.4 Å². The number of aromatic nitrogens is 4. The molecule has 3 aromatic rings. The van der Waals surface area contributed by atoms with Crippen LogP contribution < -0.4 is 10.2 Å². The van der Waals surface area contributed by atoms with Gasteiger partial charge in [0.25, 0.3) is 0 Å². The molecule has 2 aromatic heterocycles. The summed E-state index contributed by atoms with van der Waals surface area (Å²) in [6.07, 6.45) is -1.80. The highest BCUT2D eigenvalue weighted by molar-refractivity contribution is 6.30. The van der Waals surface area contributed by atoms with Crippen LogP contribution in [0.25, 0.3) is 5.69 Å². The van der Waals surface area contributed by atoms with Crippen molar-refractivity contribution in [1.29, 1.82) is 0 Å². The number of anilines is 2. The van der Waals surface area contributed by atoms with Gasteiger partial charge in [0.1, 0.15) is 11.6 Å². The minimum atomic E-state index is -4.13. The van der Waals surface area contributed by atoms with Crippen LogP contribution in [0.3, 0.4) is 0 Å². The number of aryl methyl sites for hydroxylation is 1. The van der Waals surface area contributed by atoms with Crippen molar-refractivity contribution in [3.63, 3.8) is 0 Å². The number of piperidine rings is 1. The molecule has 3 aliphatic carbocycles. The second-order valence-corrected chi connectivity index (χ2v) is 12.2. The number of halogens is 4.